The molecule has 134 valence electrons. The van der Waals surface area contributed by atoms with Gasteiger partial charge in [0.1, 0.15) is 28.5 Å². The minimum Gasteiger partial charge on any atom is -0.465 e. The molecule has 2 rings (SSSR count). The van der Waals surface area contributed by atoms with E-state index >= 15 is 0 Å². The predicted octanol–water partition coefficient (Wildman–Crippen LogP) is 0.224. The predicted molar refractivity (Wildman–Crippen MR) is 88.9 cm³/mol. The maximum atomic E-state index is 12.3. The summed E-state index contributed by atoms with van der Waals surface area (Å²) in [6.45, 7) is 4.34. The van der Waals surface area contributed by atoms with Gasteiger partial charge >= 0.3 is 11.7 Å². The number of carbonyl (C=O) groups excluding carboxylic acids is 2. The highest BCUT2D eigenvalue weighted by atomic mass is 16.5. The molecular weight excluding hydrogens is 330 g/mol. The second kappa shape index (κ2) is 6.42. The minimum absolute atomic E-state index is 0.242. The summed E-state index contributed by atoms with van der Waals surface area (Å²) in [7, 11) is 2.56. The normalized spacial score (nSPS) is 10.8. The molecule has 9 nitrogen and oxygen atoms in total. The number of nitrogen functional groups attached to an aromatic ring is 1. The Kier molecular flexibility index (Phi) is 4.69. The lowest BCUT2D eigenvalue weighted by atomic mass is 10.1. The number of rotatable bonds is 4. The van der Waals surface area contributed by atoms with Gasteiger partial charge in [0.05, 0.1) is 0 Å². The van der Waals surface area contributed by atoms with Gasteiger partial charge in [-0.25, -0.2) is 9.59 Å². The molecule has 0 atom stereocenters. The lowest BCUT2D eigenvalue weighted by molar-refractivity contribution is 0.0471. The highest BCUT2D eigenvalue weighted by Crippen LogP contribution is 2.21. The average Bonchev–Trinajstić information content (AvgIpc) is 2.81. The third-order valence-corrected chi connectivity index (χ3v) is 4.09. The number of nitrogens with zero attached hydrogens (tertiary/aromatic N) is 2. The third-order valence-electron chi connectivity index (χ3n) is 4.09. The largest absolute Gasteiger partial charge is 0.465 e. The van der Waals surface area contributed by atoms with Crippen molar-refractivity contribution in [2.75, 3.05) is 12.3 Å². The number of ketones is 1. The zero-order valence-corrected chi connectivity index (χ0v) is 14.6. The molecule has 0 bridgehead atoms. The number of esters is 1. The Morgan fingerprint density at radius 2 is 1.64 bits per heavy atom. The third kappa shape index (κ3) is 3.00. The van der Waals surface area contributed by atoms with Crippen LogP contribution in [0.15, 0.2) is 14.0 Å². The standard InChI is InChI=1S/C16H19N3O6/c1-7-8(2)25-9(3)11(7)15(22)24-6-10(20)12-13(17)18(4)16(23)19(5)14(12)21/h6,17H2,1-5H3. The summed E-state index contributed by atoms with van der Waals surface area (Å²) in [5.41, 5.74) is 4.67. The second-order valence-corrected chi connectivity index (χ2v) is 5.68. The van der Waals surface area contributed by atoms with Gasteiger partial charge in [-0.3, -0.25) is 18.7 Å². The molecule has 2 aromatic heterocycles. The number of aromatic nitrogens is 2. The molecule has 0 saturated heterocycles. The van der Waals surface area contributed by atoms with Gasteiger partial charge in [0.2, 0.25) is 5.78 Å². The number of anilines is 1. The van der Waals surface area contributed by atoms with E-state index in [0.29, 0.717) is 17.1 Å². The highest BCUT2D eigenvalue weighted by Gasteiger charge is 2.24. The lowest BCUT2D eigenvalue weighted by Gasteiger charge is -2.11. The van der Waals surface area contributed by atoms with Crippen LogP contribution in [0.1, 0.15) is 37.8 Å². The number of hydrogen-bond donors (Lipinski definition) is 1. The van der Waals surface area contributed by atoms with Crippen LogP contribution in [0.4, 0.5) is 5.82 Å². The molecule has 0 spiro atoms. The lowest BCUT2D eigenvalue weighted by Crippen LogP contribution is -2.42. The maximum absolute atomic E-state index is 12.3. The van der Waals surface area contributed by atoms with Crippen molar-refractivity contribution in [1.29, 1.82) is 0 Å². The first-order chi connectivity index (χ1) is 11.6. The fraction of sp³-hybridized carbons (Fsp3) is 0.375. The molecule has 0 amide bonds. The number of nitrogens with two attached hydrogens (primary N) is 1. The zero-order valence-electron chi connectivity index (χ0n) is 14.6. The molecule has 0 unspecified atom stereocenters. The van der Waals surface area contributed by atoms with E-state index < -0.39 is 35.2 Å². The summed E-state index contributed by atoms with van der Waals surface area (Å²) in [5, 5.41) is 0. The summed E-state index contributed by atoms with van der Waals surface area (Å²) < 4.78 is 12.1. The van der Waals surface area contributed by atoms with Crippen molar-refractivity contribution in [2.24, 2.45) is 14.1 Å². The van der Waals surface area contributed by atoms with Crippen LogP contribution in [-0.2, 0) is 18.8 Å². The van der Waals surface area contributed by atoms with Crippen LogP contribution >= 0.6 is 0 Å². The number of Topliss-reactive ketones (excluding diaryl/α,β-unsaturated/α-hetero) is 1. The molecule has 2 heterocycles. The van der Waals surface area contributed by atoms with Gasteiger partial charge < -0.3 is 14.9 Å². The number of aryl methyl sites for hydroxylation is 2. The Morgan fingerprint density at radius 1 is 1.04 bits per heavy atom. The van der Waals surface area contributed by atoms with Crippen molar-refractivity contribution in [3.63, 3.8) is 0 Å². The van der Waals surface area contributed by atoms with Gasteiger partial charge in [-0.1, -0.05) is 0 Å². The number of ether oxygens (including phenoxy) is 1. The molecular formula is C16H19N3O6. The van der Waals surface area contributed by atoms with Gasteiger partial charge in [-0.2, -0.15) is 0 Å². The van der Waals surface area contributed by atoms with Crippen LogP contribution in [0.3, 0.4) is 0 Å². The van der Waals surface area contributed by atoms with Gasteiger partial charge in [0, 0.05) is 19.7 Å². The molecule has 0 aliphatic heterocycles. The molecule has 0 saturated carbocycles. The van der Waals surface area contributed by atoms with Crippen molar-refractivity contribution in [1.82, 2.24) is 9.13 Å². The second-order valence-electron chi connectivity index (χ2n) is 5.68. The van der Waals surface area contributed by atoms with E-state index in [1.165, 1.54) is 14.1 Å². The van der Waals surface area contributed by atoms with Crippen molar-refractivity contribution >= 4 is 17.6 Å². The summed E-state index contributed by atoms with van der Waals surface area (Å²) in [6, 6.07) is 0. The Bertz CT molecular complexity index is 993. The SMILES string of the molecule is Cc1oc(C)c(C(=O)OCC(=O)c2c(N)n(C)c(=O)n(C)c2=O)c1C. The van der Waals surface area contributed by atoms with Crippen LogP contribution in [0.25, 0.3) is 0 Å². The van der Waals surface area contributed by atoms with Crippen LogP contribution in [0, 0.1) is 20.8 Å². The van der Waals surface area contributed by atoms with Crippen LogP contribution in [-0.4, -0.2) is 27.5 Å². The number of hydrogen-bond acceptors (Lipinski definition) is 7. The van der Waals surface area contributed by atoms with E-state index in [2.05, 4.69) is 0 Å². The molecule has 0 fully saturated rings. The maximum Gasteiger partial charge on any atom is 0.342 e. The Morgan fingerprint density at radius 3 is 2.16 bits per heavy atom. The average molecular weight is 349 g/mol. The van der Waals surface area contributed by atoms with Crippen molar-refractivity contribution in [3.8, 4) is 0 Å². The van der Waals surface area contributed by atoms with Gasteiger partial charge in [0.15, 0.2) is 6.61 Å². The van der Waals surface area contributed by atoms with E-state index in [4.69, 9.17) is 14.9 Å². The Hall–Kier alpha value is -3.10. The summed E-state index contributed by atoms with van der Waals surface area (Å²) in [5.74, 6) is -0.851. The van der Waals surface area contributed by atoms with E-state index in [-0.39, 0.29) is 11.4 Å². The first-order valence-electron chi connectivity index (χ1n) is 7.40. The molecule has 0 aromatic carbocycles. The van der Waals surface area contributed by atoms with E-state index in [9.17, 15) is 19.2 Å². The van der Waals surface area contributed by atoms with E-state index in [0.717, 1.165) is 9.13 Å². The smallest absolute Gasteiger partial charge is 0.342 e. The van der Waals surface area contributed by atoms with E-state index in [1.54, 1.807) is 20.8 Å². The fourth-order valence-corrected chi connectivity index (χ4v) is 2.49. The Balaban J connectivity index is 2.29. The van der Waals surface area contributed by atoms with Crippen LogP contribution in [0.5, 0.6) is 0 Å². The molecule has 0 aliphatic carbocycles. The fourth-order valence-electron chi connectivity index (χ4n) is 2.49. The summed E-state index contributed by atoms with van der Waals surface area (Å²) >= 11 is 0. The topological polar surface area (TPSA) is 127 Å². The van der Waals surface area contributed by atoms with Crippen LogP contribution < -0.4 is 17.0 Å². The monoisotopic (exact) mass is 349 g/mol. The van der Waals surface area contributed by atoms with Crippen molar-refractivity contribution in [3.05, 3.63) is 49.0 Å². The molecule has 0 radical (unpaired) electrons. The molecule has 25 heavy (non-hydrogen) atoms. The quantitative estimate of drug-likeness (QED) is 0.618. The molecule has 2 N–H and O–H groups in total. The van der Waals surface area contributed by atoms with Gasteiger partial charge in [-0.05, 0) is 20.8 Å². The summed E-state index contributed by atoms with van der Waals surface area (Å²) in [6.07, 6.45) is 0. The van der Waals surface area contributed by atoms with E-state index in [1.807, 2.05) is 0 Å². The van der Waals surface area contributed by atoms with Crippen LogP contribution in [0.2, 0.25) is 0 Å². The van der Waals surface area contributed by atoms with Crippen molar-refractivity contribution < 1.29 is 18.7 Å². The first kappa shape index (κ1) is 18.2. The zero-order chi connectivity index (χ0) is 19.0. The molecule has 0 aliphatic rings. The van der Waals surface area contributed by atoms with Crippen molar-refractivity contribution in [2.45, 2.75) is 20.8 Å². The number of furan rings is 1. The Labute approximate surface area is 142 Å². The molecule has 2 aromatic rings. The molecule has 9 heteroatoms. The first-order valence-corrected chi connectivity index (χ1v) is 7.40. The number of carbonyl (C=O) groups is 2. The van der Waals surface area contributed by atoms with Gasteiger partial charge in [0.25, 0.3) is 5.56 Å². The highest BCUT2D eigenvalue weighted by molar-refractivity contribution is 6.02. The summed E-state index contributed by atoms with van der Waals surface area (Å²) in [4.78, 5) is 48.4. The minimum atomic E-state index is -0.840. The van der Waals surface area contributed by atoms with Gasteiger partial charge in [-0.15, -0.1) is 0 Å².